The van der Waals surface area contributed by atoms with Crippen LogP contribution in [-0.4, -0.2) is 19.5 Å². The van der Waals surface area contributed by atoms with E-state index in [1.165, 1.54) is 0 Å². The van der Waals surface area contributed by atoms with Crippen LogP contribution >= 0.6 is 11.6 Å². The van der Waals surface area contributed by atoms with Gasteiger partial charge in [-0.2, -0.15) is 0 Å². The monoisotopic (exact) mass is 278 g/mol. The summed E-state index contributed by atoms with van der Waals surface area (Å²) in [6.07, 6.45) is 5.70. The van der Waals surface area contributed by atoms with Crippen LogP contribution in [0.1, 0.15) is 50.3 Å². The Labute approximate surface area is 118 Å². The molecule has 0 N–H and O–H groups in total. The van der Waals surface area contributed by atoms with Crippen molar-refractivity contribution < 1.29 is 0 Å². The van der Waals surface area contributed by atoms with Crippen molar-refractivity contribution in [2.75, 3.05) is 0 Å². The minimum atomic E-state index is 0.245. The standard InChI is InChI=1S/C14H19ClN4/c1-5-6-11-16-7-8-19(11)14-10(4)12(15)17-13(18-14)9(2)3/h7-9H,5-6H2,1-4H3. The second-order valence-corrected chi connectivity index (χ2v) is 5.30. The third-order valence-corrected chi connectivity index (χ3v) is 3.38. The van der Waals surface area contributed by atoms with E-state index in [4.69, 9.17) is 11.6 Å². The van der Waals surface area contributed by atoms with Gasteiger partial charge in [-0.1, -0.05) is 32.4 Å². The number of hydrogen-bond donors (Lipinski definition) is 0. The van der Waals surface area contributed by atoms with Gasteiger partial charge in [-0.15, -0.1) is 0 Å². The Morgan fingerprint density at radius 1 is 1.32 bits per heavy atom. The minimum Gasteiger partial charge on any atom is -0.288 e. The largest absolute Gasteiger partial charge is 0.288 e. The molecule has 0 aliphatic rings. The molecule has 2 aromatic heterocycles. The van der Waals surface area contributed by atoms with Crippen molar-refractivity contribution in [2.45, 2.75) is 46.5 Å². The van der Waals surface area contributed by atoms with Crippen molar-refractivity contribution in [1.29, 1.82) is 0 Å². The molecule has 2 rings (SSSR count). The molecule has 2 heterocycles. The normalized spacial score (nSPS) is 11.3. The van der Waals surface area contributed by atoms with Crippen molar-refractivity contribution >= 4 is 11.6 Å². The first-order chi connectivity index (χ1) is 9.04. The average molecular weight is 279 g/mol. The molecule has 2 aromatic rings. The van der Waals surface area contributed by atoms with E-state index in [-0.39, 0.29) is 5.92 Å². The summed E-state index contributed by atoms with van der Waals surface area (Å²) in [6, 6.07) is 0. The van der Waals surface area contributed by atoms with Crippen LogP contribution in [-0.2, 0) is 6.42 Å². The smallest absolute Gasteiger partial charge is 0.146 e. The van der Waals surface area contributed by atoms with Crippen molar-refractivity contribution in [3.05, 3.63) is 34.8 Å². The first kappa shape index (κ1) is 14.0. The van der Waals surface area contributed by atoms with Gasteiger partial charge < -0.3 is 0 Å². The Morgan fingerprint density at radius 2 is 2.05 bits per heavy atom. The van der Waals surface area contributed by atoms with E-state index in [1.54, 1.807) is 6.20 Å². The predicted molar refractivity (Wildman–Crippen MR) is 77.0 cm³/mol. The van der Waals surface area contributed by atoms with E-state index >= 15 is 0 Å². The molecular formula is C14H19ClN4. The fourth-order valence-electron chi connectivity index (χ4n) is 1.92. The van der Waals surface area contributed by atoms with Gasteiger partial charge in [-0.3, -0.25) is 4.57 Å². The number of nitrogens with zero attached hydrogens (tertiary/aromatic N) is 4. The maximum atomic E-state index is 6.22. The zero-order valence-corrected chi connectivity index (χ0v) is 12.6. The number of halogens is 1. The van der Waals surface area contributed by atoms with E-state index in [1.807, 2.05) is 17.7 Å². The van der Waals surface area contributed by atoms with Gasteiger partial charge in [0.05, 0.1) is 0 Å². The van der Waals surface area contributed by atoms with Crippen LogP contribution < -0.4 is 0 Å². The predicted octanol–water partition coefficient (Wildman–Crippen LogP) is 3.70. The van der Waals surface area contributed by atoms with E-state index in [0.29, 0.717) is 5.15 Å². The highest BCUT2D eigenvalue weighted by atomic mass is 35.5. The molecule has 0 aliphatic carbocycles. The topological polar surface area (TPSA) is 43.6 Å². The Balaban J connectivity index is 2.57. The Morgan fingerprint density at radius 3 is 2.68 bits per heavy atom. The Bertz CT molecular complexity index is 575. The van der Waals surface area contributed by atoms with Crippen molar-refractivity contribution in [1.82, 2.24) is 19.5 Å². The van der Waals surface area contributed by atoms with Crippen LogP contribution in [0.4, 0.5) is 0 Å². The van der Waals surface area contributed by atoms with Crippen LogP contribution in [0.25, 0.3) is 5.82 Å². The van der Waals surface area contributed by atoms with Crippen LogP contribution in [0.3, 0.4) is 0 Å². The van der Waals surface area contributed by atoms with E-state index in [9.17, 15) is 0 Å². The number of aryl methyl sites for hydroxylation is 1. The summed E-state index contributed by atoms with van der Waals surface area (Å²) in [5.41, 5.74) is 0.890. The lowest BCUT2D eigenvalue weighted by Crippen LogP contribution is -2.09. The second kappa shape index (κ2) is 5.70. The van der Waals surface area contributed by atoms with Crippen molar-refractivity contribution in [2.24, 2.45) is 0 Å². The third kappa shape index (κ3) is 2.78. The molecule has 5 heteroatoms. The zero-order chi connectivity index (χ0) is 14.0. The van der Waals surface area contributed by atoms with Gasteiger partial charge in [0.25, 0.3) is 0 Å². The molecule has 0 saturated carbocycles. The fraction of sp³-hybridized carbons (Fsp3) is 0.500. The summed E-state index contributed by atoms with van der Waals surface area (Å²) >= 11 is 6.22. The molecular weight excluding hydrogens is 260 g/mol. The Hall–Kier alpha value is -1.42. The van der Waals surface area contributed by atoms with Gasteiger partial charge in [0.1, 0.15) is 22.6 Å². The maximum absolute atomic E-state index is 6.22. The fourth-order valence-corrected chi connectivity index (χ4v) is 2.09. The zero-order valence-electron chi connectivity index (χ0n) is 11.8. The van der Waals surface area contributed by atoms with E-state index < -0.39 is 0 Å². The Kier molecular flexibility index (Phi) is 4.20. The first-order valence-corrected chi connectivity index (χ1v) is 6.99. The maximum Gasteiger partial charge on any atom is 0.146 e. The average Bonchev–Trinajstić information content (AvgIpc) is 2.81. The van der Waals surface area contributed by atoms with Gasteiger partial charge in [-0.05, 0) is 13.3 Å². The van der Waals surface area contributed by atoms with Crippen molar-refractivity contribution in [3.63, 3.8) is 0 Å². The lowest BCUT2D eigenvalue weighted by Gasteiger charge is -2.13. The molecule has 4 nitrogen and oxygen atoms in total. The number of hydrogen-bond acceptors (Lipinski definition) is 3. The molecule has 19 heavy (non-hydrogen) atoms. The molecule has 0 unspecified atom stereocenters. The van der Waals surface area contributed by atoms with Crippen molar-refractivity contribution in [3.8, 4) is 5.82 Å². The number of aromatic nitrogens is 4. The van der Waals surface area contributed by atoms with Gasteiger partial charge in [0.2, 0.25) is 0 Å². The third-order valence-electron chi connectivity index (χ3n) is 3.01. The summed E-state index contributed by atoms with van der Waals surface area (Å²) in [4.78, 5) is 13.4. The van der Waals surface area contributed by atoms with Gasteiger partial charge in [-0.25, -0.2) is 15.0 Å². The summed E-state index contributed by atoms with van der Waals surface area (Å²) in [5.74, 6) is 2.86. The second-order valence-electron chi connectivity index (χ2n) is 4.94. The molecule has 0 bridgehead atoms. The van der Waals surface area contributed by atoms with E-state index in [0.717, 1.165) is 35.9 Å². The minimum absolute atomic E-state index is 0.245. The summed E-state index contributed by atoms with van der Waals surface area (Å²) in [5, 5.41) is 0.518. The molecule has 0 radical (unpaired) electrons. The van der Waals surface area contributed by atoms with Crippen LogP contribution in [0, 0.1) is 6.92 Å². The van der Waals surface area contributed by atoms with Gasteiger partial charge >= 0.3 is 0 Å². The molecule has 102 valence electrons. The summed E-state index contributed by atoms with van der Waals surface area (Å²) < 4.78 is 2.01. The van der Waals surface area contributed by atoms with Crippen LogP contribution in [0.15, 0.2) is 12.4 Å². The molecule has 0 atom stereocenters. The first-order valence-electron chi connectivity index (χ1n) is 6.61. The molecule has 0 saturated heterocycles. The van der Waals surface area contributed by atoms with Gasteiger partial charge in [0, 0.05) is 30.3 Å². The SMILES string of the molecule is CCCc1nccn1-c1nc(C(C)C)nc(Cl)c1C. The highest BCUT2D eigenvalue weighted by Crippen LogP contribution is 2.23. The molecule has 0 aliphatic heterocycles. The summed E-state index contributed by atoms with van der Waals surface area (Å²) in [7, 11) is 0. The number of imidazole rings is 1. The lowest BCUT2D eigenvalue weighted by atomic mass is 10.2. The highest BCUT2D eigenvalue weighted by molar-refractivity contribution is 6.30. The van der Waals surface area contributed by atoms with Crippen LogP contribution in [0.5, 0.6) is 0 Å². The van der Waals surface area contributed by atoms with Gasteiger partial charge in [0.15, 0.2) is 0 Å². The molecule has 0 amide bonds. The molecule has 0 aromatic carbocycles. The summed E-state index contributed by atoms with van der Waals surface area (Å²) in [6.45, 7) is 8.20. The molecule has 0 fully saturated rings. The lowest BCUT2D eigenvalue weighted by molar-refractivity contribution is 0.741. The quantitative estimate of drug-likeness (QED) is 0.801. The molecule has 0 spiro atoms. The van der Waals surface area contributed by atoms with Crippen LogP contribution in [0.2, 0.25) is 5.15 Å². The highest BCUT2D eigenvalue weighted by Gasteiger charge is 2.15. The van der Waals surface area contributed by atoms with E-state index in [2.05, 4.69) is 35.7 Å². The number of rotatable bonds is 4.